The quantitative estimate of drug-likeness (QED) is 0.688. The molecule has 1 aromatic rings. The third-order valence-electron chi connectivity index (χ3n) is 3.46. The van der Waals surface area contributed by atoms with Crippen molar-refractivity contribution in [1.29, 1.82) is 0 Å². The lowest BCUT2D eigenvalue weighted by molar-refractivity contribution is -0.137. The van der Waals surface area contributed by atoms with Crippen LogP contribution in [0.5, 0.6) is 0 Å². The number of hydrogen-bond acceptors (Lipinski definition) is 3. The van der Waals surface area contributed by atoms with Crippen LogP contribution in [0.2, 0.25) is 0 Å². The largest absolute Gasteiger partial charge is 0.481 e. The first kappa shape index (κ1) is 17.8. The van der Waals surface area contributed by atoms with E-state index in [-0.39, 0.29) is 12.5 Å². The van der Waals surface area contributed by atoms with E-state index in [9.17, 15) is 4.79 Å². The summed E-state index contributed by atoms with van der Waals surface area (Å²) in [6.07, 6.45) is 1.62. The van der Waals surface area contributed by atoms with E-state index in [2.05, 4.69) is 30.0 Å². The van der Waals surface area contributed by atoms with Gasteiger partial charge in [0.2, 0.25) is 0 Å². The van der Waals surface area contributed by atoms with Crippen LogP contribution in [-0.4, -0.2) is 36.1 Å². The monoisotopic (exact) mass is 312 g/mol. The highest BCUT2D eigenvalue weighted by atomic mass is 35.5. The summed E-state index contributed by atoms with van der Waals surface area (Å²) in [5, 5.41) is 8.81. The molecule has 0 saturated heterocycles. The molecule has 118 valence electrons. The first-order valence-corrected chi connectivity index (χ1v) is 7.89. The van der Waals surface area contributed by atoms with E-state index in [4.69, 9.17) is 22.4 Å². The van der Waals surface area contributed by atoms with E-state index in [1.807, 2.05) is 6.92 Å². The first-order chi connectivity index (χ1) is 9.97. The first-order valence-electron chi connectivity index (χ1n) is 7.35. The molecular weight excluding hydrogens is 288 g/mol. The van der Waals surface area contributed by atoms with Gasteiger partial charge in [0.05, 0.1) is 6.42 Å². The third kappa shape index (κ3) is 5.94. The summed E-state index contributed by atoms with van der Waals surface area (Å²) in [7, 11) is 0. The van der Waals surface area contributed by atoms with Crippen molar-refractivity contribution < 1.29 is 9.90 Å². The number of aryl methyl sites for hydroxylation is 1. The van der Waals surface area contributed by atoms with Gasteiger partial charge in [-0.05, 0) is 43.0 Å². The molecule has 0 aliphatic heterocycles. The Labute approximate surface area is 131 Å². The molecule has 1 rings (SSSR count). The summed E-state index contributed by atoms with van der Waals surface area (Å²) < 4.78 is 0. The van der Waals surface area contributed by atoms with Crippen molar-refractivity contribution in [3.05, 3.63) is 29.3 Å². The zero-order chi connectivity index (χ0) is 15.8. The van der Waals surface area contributed by atoms with Crippen LogP contribution < -0.4 is 10.6 Å². The standard InChI is InChI=1S/C16H25ClN2O2/c1-3-7-19(8-6-17)15-5-4-12(2)13(10-15)9-14(18)11-16(20)21/h4-5,10,14H,3,6-9,11,18H2,1-2H3,(H,20,21)/t14-/m0/s1. The minimum atomic E-state index is -0.856. The molecule has 0 amide bonds. The number of halogens is 1. The van der Waals surface area contributed by atoms with Crippen molar-refractivity contribution >= 4 is 23.3 Å². The molecule has 0 unspecified atom stereocenters. The van der Waals surface area contributed by atoms with Crippen LogP contribution in [0.4, 0.5) is 5.69 Å². The second kappa shape index (κ2) is 8.90. The zero-order valence-corrected chi connectivity index (χ0v) is 13.6. The Morgan fingerprint density at radius 3 is 2.71 bits per heavy atom. The maximum atomic E-state index is 10.7. The summed E-state index contributed by atoms with van der Waals surface area (Å²) >= 11 is 5.87. The maximum absolute atomic E-state index is 10.7. The predicted molar refractivity (Wildman–Crippen MR) is 88.3 cm³/mol. The van der Waals surface area contributed by atoms with Crippen LogP contribution in [-0.2, 0) is 11.2 Å². The normalized spacial score (nSPS) is 12.2. The van der Waals surface area contributed by atoms with Gasteiger partial charge in [0.25, 0.3) is 0 Å². The Balaban J connectivity index is 2.89. The highest BCUT2D eigenvalue weighted by Gasteiger charge is 2.12. The van der Waals surface area contributed by atoms with Gasteiger partial charge in [0.15, 0.2) is 0 Å². The zero-order valence-electron chi connectivity index (χ0n) is 12.8. The number of alkyl halides is 1. The summed E-state index contributed by atoms with van der Waals surface area (Å²) in [6.45, 7) is 5.92. The summed E-state index contributed by atoms with van der Waals surface area (Å²) in [4.78, 5) is 13.0. The average molecular weight is 313 g/mol. The molecule has 0 heterocycles. The van der Waals surface area contributed by atoms with E-state index in [0.717, 1.165) is 36.3 Å². The maximum Gasteiger partial charge on any atom is 0.304 e. The van der Waals surface area contributed by atoms with Gasteiger partial charge >= 0.3 is 5.97 Å². The second-order valence-corrected chi connectivity index (χ2v) is 5.73. The molecule has 0 radical (unpaired) electrons. The minimum absolute atomic E-state index is 0.00990. The van der Waals surface area contributed by atoms with E-state index >= 15 is 0 Å². The van der Waals surface area contributed by atoms with E-state index in [1.165, 1.54) is 0 Å². The fourth-order valence-corrected chi connectivity index (χ4v) is 2.60. The Bertz CT molecular complexity index is 460. The van der Waals surface area contributed by atoms with Crippen molar-refractivity contribution in [3.8, 4) is 0 Å². The molecule has 0 aromatic heterocycles. The molecule has 0 fully saturated rings. The number of benzene rings is 1. The molecule has 4 nitrogen and oxygen atoms in total. The number of carbonyl (C=O) groups is 1. The van der Waals surface area contributed by atoms with Crippen molar-refractivity contribution in [2.75, 3.05) is 23.9 Å². The topological polar surface area (TPSA) is 66.6 Å². The number of hydrogen-bond donors (Lipinski definition) is 2. The molecule has 5 heteroatoms. The minimum Gasteiger partial charge on any atom is -0.481 e. The lowest BCUT2D eigenvalue weighted by Gasteiger charge is -2.25. The van der Waals surface area contributed by atoms with Crippen molar-refractivity contribution in [1.82, 2.24) is 0 Å². The van der Waals surface area contributed by atoms with Gasteiger partial charge in [-0.15, -0.1) is 11.6 Å². The molecule has 0 aliphatic rings. The average Bonchev–Trinajstić information content (AvgIpc) is 2.40. The van der Waals surface area contributed by atoms with Gasteiger partial charge in [0, 0.05) is 30.7 Å². The molecule has 21 heavy (non-hydrogen) atoms. The molecule has 0 saturated carbocycles. The van der Waals surface area contributed by atoms with Crippen LogP contribution in [0.1, 0.15) is 30.9 Å². The SMILES string of the molecule is CCCN(CCCl)c1ccc(C)c(C[C@H](N)CC(=O)O)c1. The van der Waals surface area contributed by atoms with Crippen LogP contribution in [0.25, 0.3) is 0 Å². The lowest BCUT2D eigenvalue weighted by Crippen LogP contribution is -2.28. The number of carboxylic acids is 1. The molecule has 1 atom stereocenters. The van der Waals surface area contributed by atoms with Crippen molar-refractivity contribution in [2.24, 2.45) is 5.73 Å². The fourth-order valence-electron chi connectivity index (χ4n) is 2.40. The van der Waals surface area contributed by atoms with Crippen molar-refractivity contribution in [2.45, 2.75) is 39.2 Å². The lowest BCUT2D eigenvalue weighted by atomic mass is 9.99. The summed E-state index contributed by atoms with van der Waals surface area (Å²) in [5.41, 5.74) is 9.28. The molecular formula is C16H25ClN2O2. The van der Waals surface area contributed by atoms with Crippen LogP contribution in [0, 0.1) is 6.92 Å². The molecule has 0 aliphatic carbocycles. The Kier molecular flexibility index (Phi) is 7.54. The number of rotatable bonds is 9. The van der Waals surface area contributed by atoms with Crippen LogP contribution in [0.3, 0.4) is 0 Å². The van der Waals surface area contributed by atoms with Gasteiger partial charge < -0.3 is 15.7 Å². The highest BCUT2D eigenvalue weighted by molar-refractivity contribution is 6.18. The van der Waals surface area contributed by atoms with Gasteiger partial charge in [0.1, 0.15) is 0 Å². The number of nitrogens with zero attached hydrogens (tertiary/aromatic N) is 1. The molecule has 0 bridgehead atoms. The number of nitrogens with two attached hydrogens (primary N) is 1. The molecule has 3 N–H and O–H groups in total. The summed E-state index contributed by atoms with van der Waals surface area (Å²) in [5.74, 6) is -0.270. The van der Waals surface area contributed by atoms with E-state index < -0.39 is 5.97 Å². The van der Waals surface area contributed by atoms with Crippen molar-refractivity contribution in [3.63, 3.8) is 0 Å². The second-order valence-electron chi connectivity index (χ2n) is 5.35. The van der Waals surface area contributed by atoms with Gasteiger partial charge in [-0.25, -0.2) is 0 Å². The highest BCUT2D eigenvalue weighted by Crippen LogP contribution is 2.21. The van der Waals surface area contributed by atoms with E-state index in [0.29, 0.717) is 12.3 Å². The number of carboxylic acid groups (broad SMARTS) is 1. The predicted octanol–water partition coefficient (Wildman–Crippen LogP) is 2.79. The number of anilines is 1. The number of aliphatic carboxylic acids is 1. The third-order valence-corrected chi connectivity index (χ3v) is 3.63. The van der Waals surface area contributed by atoms with Crippen LogP contribution >= 0.6 is 11.6 Å². The Hall–Kier alpha value is -1.26. The fraction of sp³-hybridized carbons (Fsp3) is 0.562. The smallest absolute Gasteiger partial charge is 0.304 e. The Morgan fingerprint density at radius 1 is 1.43 bits per heavy atom. The van der Waals surface area contributed by atoms with Gasteiger partial charge in [-0.3, -0.25) is 4.79 Å². The summed E-state index contributed by atoms with van der Waals surface area (Å²) in [6, 6.07) is 5.90. The van der Waals surface area contributed by atoms with Gasteiger partial charge in [-0.1, -0.05) is 13.0 Å². The Morgan fingerprint density at radius 2 is 2.14 bits per heavy atom. The van der Waals surface area contributed by atoms with E-state index in [1.54, 1.807) is 0 Å². The van der Waals surface area contributed by atoms with Gasteiger partial charge in [-0.2, -0.15) is 0 Å². The van der Waals surface area contributed by atoms with Crippen LogP contribution in [0.15, 0.2) is 18.2 Å². The molecule has 1 aromatic carbocycles. The molecule has 0 spiro atoms.